The van der Waals surface area contributed by atoms with Crippen molar-refractivity contribution < 1.29 is 18.8 Å². The molecule has 3 aromatic rings. The molecule has 0 saturated carbocycles. The van der Waals surface area contributed by atoms with E-state index in [9.17, 15) is 4.79 Å². The number of hydrogen-bond acceptors (Lipinski definition) is 6. The van der Waals surface area contributed by atoms with Crippen molar-refractivity contribution >= 4 is 23.2 Å². The van der Waals surface area contributed by atoms with Crippen molar-refractivity contribution in [2.24, 2.45) is 0 Å². The van der Waals surface area contributed by atoms with Gasteiger partial charge in [-0.25, -0.2) is 0 Å². The van der Waals surface area contributed by atoms with Gasteiger partial charge < -0.3 is 18.9 Å². The predicted octanol–water partition coefficient (Wildman–Crippen LogP) is 3.93. The van der Waals surface area contributed by atoms with Gasteiger partial charge in [0, 0.05) is 35.3 Å². The topological polar surface area (TPSA) is 77.7 Å². The Morgan fingerprint density at radius 2 is 1.86 bits per heavy atom. The minimum Gasteiger partial charge on any atom is -0.493 e. The molecule has 4 rings (SSSR count). The Kier molecular flexibility index (Phi) is 4.92. The summed E-state index contributed by atoms with van der Waals surface area (Å²) in [6.07, 6.45) is 0.302. The molecule has 1 amide bonds. The number of halogens is 1. The predicted molar refractivity (Wildman–Crippen MR) is 104 cm³/mol. The van der Waals surface area contributed by atoms with E-state index in [1.807, 2.05) is 18.2 Å². The van der Waals surface area contributed by atoms with E-state index in [-0.39, 0.29) is 11.8 Å². The van der Waals surface area contributed by atoms with Crippen molar-refractivity contribution in [1.82, 2.24) is 10.1 Å². The van der Waals surface area contributed by atoms with Gasteiger partial charge in [0.1, 0.15) is 0 Å². The van der Waals surface area contributed by atoms with Crippen LogP contribution in [0, 0.1) is 0 Å². The third-order valence-electron chi connectivity index (χ3n) is 4.70. The molecule has 8 heteroatoms. The van der Waals surface area contributed by atoms with Crippen molar-refractivity contribution in [3.63, 3.8) is 0 Å². The van der Waals surface area contributed by atoms with Gasteiger partial charge in [0.15, 0.2) is 11.5 Å². The van der Waals surface area contributed by atoms with E-state index >= 15 is 0 Å². The first kappa shape index (κ1) is 18.3. The number of hydrogen-bond donors (Lipinski definition) is 0. The number of ether oxygens (including phenoxy) is 2. The summed E-state index contributed by atoms with van der Waals surface area (Å²) in [7, 11) is 3.13. The van der Waals surface area contributed by atoms with Gasteiger partial charge in [0.25, 0.3) is 0 Å². The number of anilines is 1. The number of amides is 1. The maximum atomic E-state index is 12.6. The molecule has 1 fully saturated rings. The summed E-state index contributed by atoms with van der Waals surface area (Å²) in [6.45, 7) is 0.455. The van der Waals surface area contributed by atoms with Crippen molar-refractivity contribution in [3.8, 4) is 22.9 Å². The average molecular weight is 400 g/mol. The minimum absolute atomic E-state index is 0.0107. The molecule has 1 aromatic heterocycles. The maximum absolute atomic E-state index is 12.6. The van der Waals surface area contributed by atoms with E-state index in [1.54, 1.807) is 43.4 Å². The van der Waals surface area contributed by atoms with Gasteiger partial charge >= 0.3 is 0 Å². The Labute approximate surface area is 166 Å². The van der Waals surface area contributed by atoms with Crippen molar-refractivity contribution in [2.75, 3.05) is 25.7 Å². The van der Waals surface area contributed by atoms with E-state index in [2.05, 4.69) is 10.1 Å². The van der Waals surface area contributed by atoms with Crippen LogP contribution in [0.25, 0.3) is 11.4 Å². The zero-order chi connectivity index (χ0) is 19.7. The molecular weight excluding hydrogens is 382 g/mol. The highest BCUT2D eigenvalue weighted by molar-refractivity contribution is 6.30. The normalized spacial score (nSPS) is 16.5. The van der Waals surface area contributed by atoms with Crippen LogP contribution in [0.2, 0.25) is 5.02 Å². The second kappa shape index (κ2) is 7.52. The molecule has 1 atom stereocenters. The zero-order valence-corrected chi connectivity index (χ0v) is 16.1. The summed E-state index contributed by atoms with van der Waals surface area (Å²) < 4.78 is 16.0. The highest BCUT2D eigenvalue weighted by Crippen LogP contribution is 2.36. The molecule has 2 aromatic carbocycles. The third kappa shape index (κ3) is 3.41. The van der Waals surface area contributed by atoms with Gasteiger partial charge in [0.05, 0.1) is 20.1 Å². The van der Waals surface area contributed by atoms with Crippen LogP contribution in [0.5, 0.6) is 11.5 Å². The highest BCUT2D eigenvalue weighted by Gasteiger charge is 2.35. The maximum Gasteiger partial charge on any atom is 0.232 e. The molecule has 7 nitrogen and oxygen atoms in total. The Morgan fingerprint density at radius 3 is 2.57 bits per heavy atom. The lowest BCUT2D eigenvalue weighted by Crippen LogP contribution is -2.24. The summed E-state index contributed by atoms with van der Waals surface area (Å²) in [4.78, 5) is 18.7. The molecule has 1 aliphatic heterocycles. The molecule has 1 saturated heterocycles. The Balaban J connectivity index is 1.55. The van der Waals surface area contributed by atoms with E-state index in [0.717, 1.165) is 11.3 Å². The smallest absolute Gasteiger partial charge is 0.232 e. The molecule has 0 bridgehead atoms. The lowest BCUT2D eigenvalue weighted by atomic mass is 10.1. The monoisotopic (exact) mass is 399 g/mol. The van der Waals surface area contributed by atoms with Gasteiger partial charge in [0.2, 0.25) is 17.6 Å². The van der Waals surface area contributed by atoms with Gasteiger partial charge in [-0.05, 0) is 36.4 Å². The Hall–Kier alpha value is -3.06. The number of aromatic nitrogens is 2. The van der Waals surface area contributed by atoms with Crippen LogP contribution in [0.1, 0.15) is 18.2 Å². The van der Waals surface area contributed by atoms with Gasteiger partial charge in [-0.2, -0.15) is 4.98 Å². The second-order valence-electron chi connectivity index (χ2n) is 6.41. The number of rotatable bonds is 5. The zero-order valence-electron chi connectivity index (χ0n) is 15.4. The molecule has 144 valence electrons. The van der Waals surface area contributed by atoms with Crippen molar-refractivity contribution in [2.45, 2.75) is 12.3 Å². The standard InChI is InChI=1S/C20H18ClN3O4/c1-26-16-8-7-15(10-17(16)27-2)24-11-13(9-18(24)25)20-22-19(23-28-20)12-3-5-14(21)6-4-12/h3-8,10,13H,9,11H2,1-2H3. The van der Waals surface area contributed by atoms with Gasteiger partial charge in [-0.15, -0.1) is 0 Å². The number of methoxy groups -OCH3 is 2. The van der Waals surface area contributed by atoms with E-state index in [4.69, 9.17) is 25.6 Å². The molecule has 1 unspecified atom stereocenters. The molecule has 1 aliphatic rings. The summed E-state index contributed by atoms with van der Waals surface area (Å²) in [5.41, 5.74) is 1.54. The van der Waals surface area contributed by atoms with Crippen LogP contribution in [0.15, 0.2) is 47.0 Å². The lowest BCUT2D eigenvalue weighted by Gasteiger charge is -2.18. The Bertz CT molecular complexity index is 1000. The van der Waals surface area contributed by atoms with Gasteiger partial charge in [-0.1, -0.05) is 16.8 Å². The molecular formula is C20H18ClN3O4. The van der Waals surface area contributed by atoms with Crippen LogP contribution in [0.4, 0.5) is 5.69 Å². The SMILES string of the molecule is COc1ccc(N2CC(c3nc(-c4ccc(Cl)cc4)no3)CC2=O)cc1OC. The fourth-order valence-electron chi connectivity index (χ4n) is 3.23. The molecule has 0 spiro atoms. The number of nitrogens with zero attached hydrogens (tertiary/aromatic N) is 3. The molecule has 0 aliphatic carbocycles. The van der Waals surface area contributed by atoms with E-state index in [0.29, 0.717) is 41.2 Å². The molecule has 0 radical (unpaired) electrons. The van der Waals surface area contributed by atoms with Crippen LogP contribution in [-0.4, -0.2) is 36.8 Å². The van der Waals surface area contributed by atoms with Crippen LogP contribution < -0.4 is 14.4 Å². The number of carbonyl (C=O) groups is 1. The van der Waals surface area contributed by atoms with Crippen LogP contribution >= 0.6 is 11.6 Å². The first-order chi connectivity index (χ1) is 13.6. The molecule has 28 heavy (non-hydrogen) atoms. The highest BCUT2D eigenvalue weighted by atomic mass is 35.5. The van der Waals surface area contributed by atoms with Crippen LogP contribution in [-0.2, 0) is 4.79 Å². The first-order valence-electron chi connectivity index (χ1n) is 8.71. The summed E-state index contributed by atoms with van der Waals surface area (Å²) in [5, 5.41) is 4.68. The van der Waals surface area contributed by atoms with E-state index < -0.39 is 0 Å². The summed E-state index contributed by atoms with van der Waals surface area (Å²) in [6, 6.07) is 12.6. The Morgan fingerprint density at radius 1 is 1.11 bits per heavy atom. The number of carbonyl (C=O) groups excluding carboxylic acids is 1. The van der Waals surface area contributed by atoms with Gasteiger partial charge in [-0.3, -0.25) is 4.79 Å². The fraction of sp³-hybridized carbons (Fsp3) is 0.250. The average Bonchev–Trinajstić information content (AvgIpc) is 3.35. The fourth-order valence-corrected chi connectivity index (χ4v) is 3.36. The summed E-state index contributed by atoms with van der Waals surface area (Å²) in [5.74, 6) is 1.92. The molecule has 0 N–H and O–H groups in total. The quantitative estimate of drug-likeness (QED) is 0.647. The summed E-state index contributed by atoms with van der Waals surface area (Å²) >= 11 is 5.91. The van der Waals surface area contributed by atoms with E-state index in [1.165, 1.54) is 0 Å². The third-order valence-corrected chi connectivity index (χ3v) is 4.95. The van der Waals surface area contributed by atoms with Crippen molar-refractivity contribution in [1.29, 1.82) is 0 Å². The first-order valence-corrected chi connectivity index (χ1v) is 9.08. The van der Waals surface area contributed by atoms with Crippen LogP contribution in [0.3, 0.4) is 0 Å². The minimum atomic E-state index is -0.172. The molecule has 2 heterocycles. The second-order valence-corrected chi connectivity index (χ2v) is 6.84. The van der Waals surface area contributed by atoms with Crippen molar-refractivity contribution in [3.05, 3.63) is 53.4 Å². The number of benzene rings is 2. The lowest BCUT2D eigenvalue weighted by molar-refractivity contribution is -0.117. The largest absolute Gasteiger partial charge is 0.493 e.